The number of ether oxygens (including phenoxy) is 1. The van der Waals surface area contributed by atoms with E-state index in [2.05, 4.69) is 5.43 Å². The van der Waals surface area contributed by atoms with Crippen LogP contribution >= 0.6 is 0 Å². The van der Waals surface area contributed by atoms with Crippen LogP contribution in [0.2, 0.25) is 0 Å². The normalized spacial score (nSPS) is 10.8. The Bertz CT molecular complexity index is 967. The largest absolute Gasteiger partial charge is 0.504 e. The molecule has 9 heteroatoms. The molecule has 0 saturated carbocycles. The van der Waals surface area contributed by atoms with Crippen LogP contribution in [0.5, 0.6) is 11.5 Å². The zero-order valence-electron chi connectivity index (χ0n) is 17.5. The quantitative estimate of drug-likeness (QED) is 0.523. The maximum atomic E-state index is 12.9. The number of anilines is 2. The molecule has 160 valence electrons. The summed E-state index contributed by atoms with van der Waals surface area (Å²) in [6, 6.07) is 10.1. The maximum absolute atomic E-state index is 12.9. The molecule has 3 amide bonds. The Labute approximate surface area is 174 Å². The number of hydrogen-bond acceptors (Lipinski definition) is 6. The molecule has 0 atom stereocenters. The van der Waals surface area contributed by atoms with Crippen LogP contribution in [0.3, 0.4) is 0 Å². The predicted molar refractivity (Wildman–Crippen MR) is 111 cm³/mol. The minimum absolute atomic E-state index is 0.224. The molecule has 30 heavy (non-hydrogen) atoms. The van der Waals surface area contributed by atoms with Gasteiger partial charge >= 0.3 is 6.09 Å². The van der Waals surface area contributed by atoms with Gasteiger partial charge in [0.15, 0.2) is 11.5 Å². The van der Waals surface area contributed by atoms with Crippen LogP contribution in [-0.2, 0) is 9.53 Å². The molecule has 0 spiro atoms. The van der Waals surface area contributed by atoms with Gasteiger partial charge < -0.3 is 19.8 Å². The first-order valence-corrected chi connectivity index (χ1v) is 9.09. The standard InChI is InChI=1S/C21H25N3O6/c1-13(25)22-24(20(29)30-21(2,3)4)16-8-6-7-14(11-16)19(28)23(5)15-9-10-17(26)18(27)12-15/h6-12,26-27H,1-5H3,(H,22,25). The lowest BCUT2D eigenvalue weighted by Crippen LogP contribution is -2.48. The average molecular weight is 415 g/mol. The molecule has 0 aliphatic heterocycles. The van der Waals surface area contributed by atoms with Crippen LogP contribution in [-0.4, -0.2) is 40.8 Å². The summed E-state index contributed by atoms with van der Waals surface area (Å²) in [7, 11) is 1.50. The van der Waals surface area contributed by atoms with E-state index in [0.717, 1.165) is 5.01 Å². The van der Waals surface area contributed by atoms with Gasteiger partial charge in [-0.3, -0.25) is 15.0 Å². The first-order valence-electron chi connectivity index (χ1n) is 9.09. The second-order valence-corrected chi connectivity index (χ2v) is 7.57. The smallest absolute Gasteiger partial charge is 0.434 e. The number of hydrogen-bond donors (Lipinski definition) is 3. The number of carbonyl (C=O) groups is 3. The Hall–Kier alpha value is -3.75. The number of amides is 3. The van der Waals surface area contributed by atoms with Crippen LogP contribution in [0.1, 0.15) is 38.1 Å². The van der Waals surface area contributed by atoms with Gasteiger partial charge in [-0.25, -0.2) is 4.79 Å². The van der Waals surface area contributed by atoms with E-state index in [1.54, 1.807) is 39.0 Å². The molecule has 0 unspecified atom stereocenters. The van der Waals surface area contributed by atoms with E-state index in [1.165, 1.54) is 43.1 Å². The summed E-state index contributed by atoms with van der Waals surface area (Å²) < 4.78 is 5.32. The minimum Gasteiger partial charge on any atom is -0.504 e. The fourth-order valence-electron chi connectivity index (χ4n) is 2.49. The number of nitrogens with one attached hydrogen (secondary N) is 1. The fourth-order valence-corrected chi connectivity index (χ4v) is 2.49. The summed E-state index contributed by atoms with van der Waals surface area (Å²) >= 11 is 0. The Balaban J connectivity index is 2.35. The highest BCUT2D eigenvalue weighted by molar-refractivity contribution is 6.07. The first kappa shape index (κ1) is 22.5. The molecule has 0 aliphatic carbocycles. The highest BCUT2D eigenvalue weighted by Crippen LogP contribution is 2.30. The number of nitrogens with zero attached hydrogens (tertiary/aromatic N) is 2. The van der Waals surface area contributed by atoms with Gasteiger partial charge in [-0.05, 0) is 51.1 Å². The Morgan fingerprint density at radius 1 is 0.967 bits per heavy atom. The molecule has 0 fully saturated rings. The monoisotopic (exact) mass is 415 g/mol. The Morgan fingerprint density at radius 3 is 2.20 bits per heavy atom. The average Bonchev–Trinajstić information content (AvgIpc) is 2.65. The second-order valence-electron chi connectivity index (χ2n) is 7.57. The molecule has 0 saturated heterocycles. The summed E-state index contributed by atoms with van der Waals surface area (Å²) in [5, 5.41) is 20.0. The summed E-state index contributed by atoms with van der Waals surface area (Å²) in [5.74, 6) is -1.59. The van der Waals surface area contributed by atoms with E-state index in [4.69, 9.17) is 4.74 Å². The molecule has 0 aliphatic rings. The molecule has 2 rings (SSSR count). The molecule has 0 aromatic heterocycles. The van der Waals surface area contributed by atoms with Crippen molar-refractivity contribution in [1.82, 2.24) is 5.43 Å². The molecule has 0 radical (unpaired) electrons. The summed E-state index contributed by atoms with van der Waals surface area (Å²) in [5.41, 5.74) is 2.41. The summed E-state index contributed by atoms with van der Waals surface area (Å²) in [6.45, 7) is 6.33. The van der Waals surface area contributed by atoms with E-state index in [-0.39, 0.29) is 22.7 Å². The van der Waals surface area contributed by atoms with Crippen molar-refractivity contribution in [3.05, 3.63) is 48.0 Å². The van der Waals surface area contributed by atoms with Crippen molar-refractivity contribution in [1.29, 1.82) is 0 Å². The SMILES string of the molecule is CC(=O)NN(C(=O)OC(C)(C)C)c1cccc(C(=O)N(C)c2ccc(O)c(O)c2)c1. The molecule has 0 bridgehead atoms. The van der Waals surface area contributed by atoms with Gasteiger partial charge in [0.05, 0.1) is 5.69 Å². The van der Waals surface area contributed by atoms with E-state index in [1.807, 2.05) is 0 Å². The summed E-state index contributed by atoms with van der Waals surface area (Å²) in [6.07, 6.45) is -0.806. The van der Waals surface area contributed by atoms with Crippen molar-refractivity contribution < 1.29 is 29.3 Å². The number of carbonyl (C=O) groups excluding carboxylic acids is 3. The van der Waals surface area contributed by atoms with E-state index < -0.39 is 23.5 Å². The lowest BCUT2D eigenvalue weighted by molar-refractivity contribution is -0.119. The molecule has 2 aromatic rings. The Kier molecular flexibility index (Phi) is 6.56. The molecule has 9 nitrogen and oxygen atoms in total. The van der Waals surface area contributed by atoms with Gasteiger partial charge in [-0.2, -0.15) is 5.01 Å². The van der Waals surface area contributed by atoms with Crippen molar-refractivity contribution >= 4 is 29.3 Å². The predicted octanol–water partition coefficient (Wildman–Crippen LogP) is 3.17. The van der Waals surface area contributed by atoms with Gasteiger partial charge in [0.1, 0.15) is 5.60 Å². The van der Waals surface area contributed by atoms with Crippen molar-refractivity contribution in [2.24, 2.45) is 0 Å². The number of rotatable bonds is 3. The first-order chi connectivity index (χ1) is 13.9. The van der Waals surface area contributed by atoms with Gasteiger partial charge in [0.25, 0.3) is 5.91 Å². The number of phenolic OH excluding ortho intramolecular Hbond substituents is 2. The lowest BCUT2D eigenvalue weighted by Gasteiger charge is -2.27. The molecule has 3 N–H and O–H groups in total. The topological polar surface area (TPSA) is 119 Å². The number of phenols is 2. The highest BCUT2D eigenvalue weighted by atomic mass is 16.6. The van der Waals surface area contributed by atoms with Crippen LogP contribution in [0, 0.1) is 0 Å². The third-order valence-corrected chi connectivity index (χ3v) is 3.85. The highest BCUT2D eigenvalue weighted by Gasteiger charge is 2.25. The number of aromatic hydroxyl groups is 2. The van der Waals surface area contributed by atoms with Gasteiger partial charge in [-0.15, -0.1) is 0 Å². The summed E-state index contributed by atoms with van der Waals surface area (Å²) in [4.78, 5) is 38.3. The van der Waals surface area contributed by atoms with Crippen molar-refractivity contribution in [2.75, 3.05) is 17.0 Å². The lowest BCUT2D eigenvalue weighted by atomic mass is 10.1. The van der Waals surface area contributed by atoms with E-state index in [9.17, 15) is 24.6 Å². The maximum Gasteiger partial charge on any atom is 0.434 e. The molecular formula is C21H25N3O6. The third kappa shape index (κ3) is 5.63. The fraction of sp³-hybridized carbons (Fsp3) is 0.286. The van der Waals surface area contributed by atoms with Crippen molar-refractivity contribution in [3.63, 3.8) is 0 Å². The zero-order chi connectivity index (χ0) is 22.6. The van der Waals surface area contributed by atoms with Crippen LogP contribution in [0.15, 0.2) is 42.5 Å². The van der Waals surface area contributed by atoms with Crippen molar-refractivity contribution in [2.45, 2.75) is 33.3 Å². The molecule has 0 heterocycles. The van der Waals surface area contributed by atoms with Crippen LogP contribution < -0.4 is 15.3 Å². The number of benzene rings is 2. The van der Waals surface area contributed by atoms with Crippen LogP contribution in [0.25, 0.3) is 0 Å². The number of hydrazine groups is 1. The third-order valence-electron chi connectivity index (χ3n) is 3.85. The molecular weight excluding hydrogens is 390 g/mol. The van der Waals surface area contributed by atoms with E-state index in [0.29, 0.717) is 5.69 Å². The Morgan fingerprint density at radius 2 is 1.63 bits per heavy atom. The van der Waals surface area contributed by atoms with Gasteiger partial charge in [0, 0.05) is 31.3 Å². The van der Waals surface area contributed by atoms with Gasteiger partial charge in [-0.1, -0.05) is 6.07 Å². The zero-order valence-corrected chi connectivity index (χ0v) is 17.5. The van der Waals surface area contributed by atoms with Crippen LogP contribution in [0.4, 0.5) is 16.2 Å². The molecule has 2 aromatic carbocycles. The van der Waals surface area contributed by atoms with Gasteiger partial charge in [0.2, 0.25) is 5.91 Å². The van der Waals surface area contributed by atoms with E-state index >= 15 is 0 Å². The van der Waals surface area contributed by atoms with Crippen molar-refractivity contribution in [3.8, 4) is 11.5 Å². The second kappa shape index (κ2) is 8.73. The minimum atomic E-state index is -0.806.